The zero-order chi connectivity index (χ0) is 26.0. The SMILES string of the molecule is COc1ccc(Cl)cc1S(=O)(=O)N1CCOc2c(OC)cc(C(=O)Nc3ccc(C(=O)O)cc3)cc21. The number of halogens is 1. The number of methoxy groups -OCH3 is 2. The summed E-state index contributed by atoms with van der Waals surface area (Å²) in [7, 11) is -1.45. The Balaban J connectivity index is 1.75. The first-order valence-electron chi connectivity index (χ1n) is 10.5. The molecule has 3 aromatic rings. The number of benzene rings is 3. The second-order valence-corrected chi connectivity index (χ2v) is 9.85. The highest BCUT2D eigenvalue weighted by atomic mass is 35.5. The van der Waals surface area contributed by atoms with Crippen molar-refractivity contribution in [3.63, 3.8) is 0 Å². The third kappa shape index (κ3) is 4.75. The molecule has 0 atom stereocenters. The summed E-state index contributed by atoms with van der Waals surface area (Å²) in [4.78, 5) is 23.9. The minimum absolute atomic E-state index is 0.0319. The number of sulfonamides is 1. The molecular formula is C24H21ClN2O8S. The summed E-state index contributed by atoms with van der Waals surface area (Å²) in [6.07, 6.45) is 0. The number of amides is 1. The lowest BCUT2D eigenvalue weighted by molar-refractivity contribution is 0.0696. The molecule has 0 saturated carbocycles. The number of anilines is 2. The van der Waals surface area contributed by atoms with Gasteiger partial charge in [0.15, 0.2) is 11.5 Å². The fourth-order valence-corrected chi connectivity index (χ4v) is 5.54. The topological polar surface area (TPSA) is 131 Å². The highest BCUT2D eigenvalue weighted by Gasteiger charge is 2.35. The van der Waals surface area contributed by atoms with Crippen LogP contribution >= 0.6 is 11.6 Å². The number of carbonyl (C=O) groups is 2. The van der Waals surface area contributed by atoms with Gasteiger partial charge in [0.25, 0.3) is 15.9 Å². The Kier molecular flexibility index (Phi) is 6.95. The van der Waals surface area contributed by atoms with E-state index < -0.39 is 21.9 Å². The Bertz CT molecular complexity index is 1440. The average Bonchev–Trinajstić information content (AvgIpc) is 2.87. The number of carboxylic acid groups (broad SMARTS) is 1. The number of rotatable bonds is 7. The van der Waals surface area contributed by atoms with Crippen LogP contribution in [-0.4, -0.2) is 52.8 Å². The zero-order valence-electron chi connectivity index (χ0n) is 19.1. The Morgan fingerprint density at radius 3 is 2.33 bits per heavy atom. The van der Waals surface area contributed by atoms with Crippen molar-refractivity contribution in [1.29, 1.82) is 0 Å². The standard InChI is InChI=1S/C24H21ClN2O8S/c1-33-19-8-5-16(25)13-21(19)36(31,32)27-9-10-35-22-18(27)11-15(12-20(22)34-2)23(28)26-17-6-3-14(4-7-17)24(29)30/h3-8,11-13H,9-10H2,1-2H3,(H,26,28)(H,29,30). The van der Waals surface area contributed by atoms with Crippen LogP contribution in [0.2, 0.25) is 5.02 Å². The van der Waals surface area contributed by atoms with Crippen molar-refractivity contribution in [1.82, 2.24) is 0 Å². The number of nitrogens with zero attached hydrogens (tertiary/aromatic N) is 1. The summed E-state index contributed by atoms with van der Waals surface area (Å²) in [6, 6.07) is 12.7. The average molecular weight is 533 g/mol. The summed E-state index contributed by atoms with van der Waals surface area (Å²) in [5, 5.41) is 11.9. The van der Waals surface area contributed by atoms with E-state index in [-0.39, 0.29) is 57.1 Å². The van der Waals surface area contributed by atoms with Gasteiger partial charge in [-0.15, -0.1) is 0 Å². The van der Waals surface area contributed by atoms with E-state index in [1.54, 1.807) is 0 Å². The van der Waals surface area contributed by atoms with Crippen LogP contribution in [0.4, 0.5) is 11.4 Å². The molecule has 0 radical (unpaired) electrons. The third-order valence-corrected chi connectivity index (χ3v) is 7.48. The number of fused-ring (bicyclic) bond motifs is 1. The smallest absolute Gasteiger partial charge is 0.335 e. The molecule has 36 heavy (non-hydrogen) atoms. The van der Waals surface area contributed by atoms with Gasteiger partial charge in [-0.1, -0.05) is 11.6 Å². The van der Waals surface area contributed by atoms with Crippen LogP contribution in [0.3, 0.4) is 0 Å². The Morgan fingerprint density at radius 2 is 1.69 bits per heavy atom. The molecule has 0 unspecified atom stereocenters. The molecule has 10 nitrogen and oxygen atoms in total. The highest BCUT2D eigenvalue weighted by Crippen LogP contribution is 2.44. The molecule has 1 aliphatic rings. The van der Waals surface area contributed by atoms with Gasteiger partial charge in [-0.2, -0.15) is 0 Å². The van der Waals surface area contributed by atoms with Crippen molar-refractivity contribution in [2.24, 2.45) is 0 Å². The molecule has 2 N–H and O–H groups in total. The number of hydrogen-bond donors (Lipinski definition) is 2. The minimum atomic E-state index is -4.18. The maximum Gasteiger partial charge on any atom is 0.335 e. The summed E-state index contributed by atoms with van der Waals surface area (Å²) in [5.74, 6) is -1.22. The van der Waals surface area contributed by atoms with Crippen LogP contribution in [0.25, 0.3) is 0 Å². The predicted octanol–water partition coefficient (Wildman–Crippen LogP) is 3.90. The molecule has 3 aromatic carbocycles. The van der Waals surface area contributed by atoms with Crippen LogP contribution in [0.1, 0.15) is 20.7 Å². The monoisotopic (exact) mass is 532 g/mol. The lowest BCUT2D eigenvalue weighted by Crippen LogP contribution is -2.38. The third-order valence-electron chi connectivity index (χ3n) is 5.41. The van der Waals surface area contributed by atoms with Gasteiger partial charge < -0.3 is 24.6 Å². The minimum Gasteiger partial charge on any atom is -0.495 e. The van der Waals surface area contributed by atoms with Crippen LogP contribution in [0.5, 0.6) is 17.2 Å². The number of aromatic carboxylic acids is 1. The number of hydrogen-bond acceptors (Lipinski definition) is 7. The first kappa shape index (κ1) is 25.1. The predicted molar refractivity (Wildman–Crippen MR) is 132 cm³/mol. The van der Waals surface area contributed by atoms with Gasteiger partial charge in [0.2, 0.25) is 0 Å². The van der Waals surface area contributed by atoms with E-state index in [2.05, 4.69) is 5.32 Å². The zero-order valence-corrected chi connectivity index (χ0v) is 20.7. The van der Waals surface area contributed by atoms with E-state index in [1.165, 1.54) is 68.8 Å². The summed E-state index contributed by atoms with van der Waals surface area (Å²) >= 11 is 6.07. The lowest BCUT2D eigenvalue weighted by atomic mass is 10.1. The van der Waals surface area contributed by atoms with Crippen molar-refractivity contribution < 1.29 is 37.3 Å². The first-order chi connectivity index (χ1) is 17.1. The van der Waals surface area contributed by atoms with Gasteiger partial charge in [0, 0.05) is 16.3 Å². The van der Waals surface area contributed by atoms with Crippen LogP contribution in [0, 0.1) is 0 Å². The van der Waals surface area contributed by atoms with E-state index in [1.807, 2.05) is 0 Å². The van der Waals surface area contributed by atoms with Crippen molar-refractivity contribution in [2.75, 3.05) is 37.0 Å². The Hall–Kier alpha value is -3.96. The van der Waals surface area contributed by atoms with Crippen LogP contribution < -0.4 is 23.8 Å². The number of ether oxygens (including phenoxy) is 3. The summed E-state index contributed by atoms with van der Waals surface area (Å²) < 4.78 is 44.8. The van der Waals surface area contributed by atoms with Gasteiger partial charge in [0.1, 0.15) is 17.3 Å². The highest BCUT2D eigenvalue weighted by molar-refractivity contribution is 7.93. The number of nitrogens with one attached hydrogen (secondary N) is 1. The molecule has 0 aromatic heterocycles. The molecule has 0 aliphatic carbocycles. The van der Waals surface area contributed by atoms with E-state index in [0.717, 1.165) is 4.31 Å². The largest absolute Gasteiger partial charge is 0.495 e. The maximum atomic E-state index is 13.7. The molecule has 0 bridgehead atoms. The molecule has 1 heterocycles. The summed E-state index contributed by atoms with van der Waals surface area (Å²) in [5.41, 5.74) is 0.620. The first-order valence-corrected chi connectivity index (χ1v) is 12.3. The second kappa shape index (κ2) is 9.96. The molecule has 4 rings (SSSR count). The Labute approximate surface area is 212 Å². The van der Waals surface area contributed by atoms with E-state index in [4.69, 9.17) is 30.9 Å². The Morgan fingerprint density at radius 1 is 1.00 bits per heavy atom. The lowest BCUT2D eigenvalue weighted by Gasteiger charge is -2.32. The van der Waals surface area contributed by atoms with Crippen molar-refractivity contribution in [3.8, 4) is 17.2 Å². The van der Waals surface area contributed by atoms with Crippen molar-refractivity contribution in [2.45, 2.75) is 4.90 Å². The fraction of sp³-hybridized carbons (Fsp3) is 0.167. The van der Waals surface area contributed by atoms with Crippen LogP contribution in [-0.2, 0) is 10.0 Å². The van der Waals surface area contributed by atoms with Gasteiger partial charge >= 0.3 is 5.97 Å². The molecule has 188 valence electrons. The molecule has 0 fully saturated rings. The van der Waals surface area contributed by atoms with Crippen LogP contribution in [0.15, 0.2) is 59.5 Å². The number of carbonyl (C=O) groups excluding carboxylic acids is 1. The molecule has 12 heteroatoms. The van der Waals surface area contributed by atoms with Gasteiger partial charge in [-0.25, -0.2) is 13.2 Å². The summed E-state index contributed by atoms with van der Waals surface area (Å²) in [6.45, 7) is 0.0167. The van der Waals surface area contributed by atoms with Crippen molar-refractivity contribution in [3.05, 3.63) is 70.7 Å². The van der Waals surface area contributed by atoms with E-state index in [0.29, 0.717) is 5.69 Å². The number of carboxylic acids is 1. The quantitative estimate of drug-likeness (QED) is 0.468. The fourth-order valence-electron chi connectivity index (χ4n) is 3.67. The van der Waals surface area contributed by atoms with Gasteiger partial charge in [0.05, 0.1) is 32.0 Å². The van der Waals surface area contributed by atoms with E-state index >= 15 is 0 Å². The molecular weight excluding hydrogens is 512 g/mol. The maximum absolute atomic E-state index is 13.7. The second-order valence-electron chi connectivity index (χ2n) is 7.58. The van der Waals surface area contributed by atoms with Crippen molar-refractivity contribution >= 4 is 44.9 Å². The molecule has 0 spiro atoms. The molecule has 1 amide bonds. The van der Waals surface area contributed by atoms with E-state index in [9.17, 15) is 18.0 Å². The molecule has 1 aliphatic heterocycles. The molecule has 0 saturated heterocycles. The van der Waals surface area contributed by atoms with Gasteiger partial charge in [-0.3, -0.25) is 9.10 Å². The normalized spacial score (nSPS) is 12.8. The van der Waals surface area contributed by atoms with Gasteiger partial charge in [-0.05, 0) is 54.6 Å².